The number of anilines is 1. The van der Waals surface area contributed by atoms with Crippen molar-refractivity contribution in [1.82, 2.24) is 10.0 Å². The minimum Gasteiger partial charge on any atom is -0.395 e. The van der Waals surface area contributed by atoms with Crippen molar-refractivity contribution in [2.75, 3.05) is 32.1 Å². The zero-order valence-corrected chi connectivity index (χ0v) is 16.0. The second-order valence-electron chi connectivity index (χ2n) is 6.92. The molecule has 1 saturated heterocycles. The molecular formula is C18H25N3O5S. The van der Waals surface area contributed by atoms with Gasteiger partial charge in [0, 0.05) is 43.1 Å². The van der Waals surface area contributed by atoms with Gasteiger partial charge in [0.1, 0.15) is 0 Å². The Morgan fingerprint density at radius 3 is 2.30 bits per heavy atom. The zero-order valence-electron chi connectivity index (χ0n) is 15.2. The number of sulfonamides is 1. The number of aliphatic hydroxyl groups excluding tert-OH is 3. The lowest BCUT2D eigenvalue weighted by molar-refractivity contribution is 0.0202. The number of nitrogens with zero attached hydrogens (tertiary/aromatic N) is 1. The lowest BCUT2D eigenvalue weighted by atomic mass is 10.1. The van der Waals surface area contributed by atoms with Crippen LogP contribution in [0, 0.1) is 0 Å². The number of nitrogens with one attached hydrogen (secondary N) is 2. The van der Waals surface area contributed by atoms with Crippen LogP contribution in [-0.2, 0) is 10.0 Å². The number of fused-ring (bicyclic) bond motifs is 1. The molecule has 27 heavy (non-hydrogen) atoms. The number of aliphatic hydroxyl groups is 3. The second kappa shape index (κ2) is 7.70. The van der Waals surface area contributed by atoms with E-state index in [2.05, 4.69) is 10.0 Å². The van der Waals surface area contributed by atoms with Crippen LogP contribution < -0.4 is 14.9 Å². The zero-order chi connectivity index (χ0) is 19.8. The van der Waals surface area contributed by atoms with E-state index in [9.17, 15) is 23.7 Å². The Balaban J connectivity index is 1.87. The third kappa shape index (κ3) is 3.79. The van der Waals surface area contributed by atoms with Crippen molar-refractivity contribution in [1.29, 1.82) is 0 Å². The fourth-order valence-electron chi connectivity index (χ4n) is 3.45. The van der Waals surface area contributed by atoms with Gasteiger partial charge in [-0.3, -0.25) is 0 Å². The van der Waals surface area contributed by atoms with E-state index >= 15 is 0 Å². The maximum absolute atomic E-state index is 12.9. The summed E-state index contributed by atoms with van der Waals surface area (Å²) in [6, 6.07) is 9.20. The van der Waals surface area contributed by atoms with Gasteiger partial charge in [0.05, 0.1) is 29.8 Å². The molecule has 0 aromatic heterocycles. The molecule has 5 N–H and O–H groups in total. The molecule has 1 aliphatic rings. The van der Waals surface area contributed by atoms with Gasteiger partial charge in [0.2, 0.25) is 10.0 Å². The van der Waals surface area contributed by atoms with Crippen LogP contribution in [0.1, 0.15) is 0 Å². The molecule has 1 aliphatic heterocycles. The molecule has 2 aromatic carbocycles. The van der Waals surface area contributed by atoms with Crippen molar-refractivity contribution in [2.24, 2.45) is 0 Å². The van der Waals surface area contributed by atoms with Gasteiger partial charge in [0.25, 0.3) is 0 Å². The summed E-state index contributed by atoms with van der Waals surface area (Å²) in [5.74, 6) is 0. The summed E-state index contributed by atoms with van der Waals surface area (Å²) in [5.41, 5.74) is 0.909. The van der Waals surface area contributed by atoms with E-state index < -0.39 is 34.3 Å². The molecule has 148 valence electrons. The molecule has 0 saturated carbocycles. The fourth-order valence-corrected chi connectivity index (χ4v) is 4.73. The Bertz CT molecular complexity index is 918. The van der Waals surface area contributed by atoms with Gasteiger partial charge in [-0.1, -0.05) is 24.3 Å². The van der Waals surface area contributed by atoms with E-state index in [4.69, 9.17) is 0 Å². The number of hydrogen-bond acceptors (Lipinski definition) is 7. The molecule has 0 spiro atoms. The third-order valence-electron chi connectivity index (χ3n) is 4.92. The highest BCUT2D eigenvalue weighted by Crippen LogP contribution is 2.30. The van der Waals surface area contributed by atoms with Crippen molar-refractivity contribution >= 4 is 26.5 Å². The standard InChI is InChI=1S/C18H25N3O5S/c1-21(2)15-7-3-6-12-11(15)5-4-8-16(12)27(25,26)19-9-13-17(23)18(24)14(10-22)20-13/h3-8,13-14,17-20,22-24H,9-10H2,1-2H3/t13-,14-,17-,18-/m1/s1. The van der Waals surface area contributed by atoms with Gasteiger partial charge >= 0.3 is 0 Å². The van der Waals surface area contributed by atoms with Crippen LogP contribution in [0.2, 0.25) is 0 Å². The maximum Gasteiger partial charge on any atom is 0.241 e. The maximum atomic E-state index is 12.9. The molecule has 1 fully saturated rings. The summed E-state index contributed by atoms with van der Waals surface area (Å²) in [6.45, 7) is -0.459. The molecule has 0 unspecified atom stereocenters. The van der Waals surface area contributed by atoms with E-state index in [1.807, 2.05) is 31.1 Å². The van der Waals surface area contributed by atoms with Gasteiger partial charge < -0.3 is 25.5 Å². The Morgan fingerprint density at radius 2 is 1.67 bits per heavy atom. The molecule has 0 radical (unpaired) electrons. The largest absolute Gasteiger partial charge is 0.395 e. The molecule has 0 amide bonds. The van der Waals surface area contributed by atoms with Crippen LogP contribution in [0.3, 0.4) is 0 Å². The fraction of sp³-hybridized carbons (Fsp3) is 0.444. The molecule has 0 bridgehead atoms. The molecule has 0 aliphatic carbocycles. The molecule has 8 nitrogen and oxygen atoms in total. The van der Waals surface area contributed by atoms with Gasteiger partial charge in [-0.25, -0.2) is 13.1 Å². The topological polar surface area (TPSA) is 122 Å². The number of hydrogen-bond donors (Lipinski definition) is 5. The Kier molecular flexibility index (Phi) is 5.71. The van der Waals surface area contributed by atoms with Crippen molar-refractivity contribution in [2.45, 2.75) is 29.2 Å². The predicted octanol–water partition coefficient (Wildman–Crippen LogP) is -0.761. The summed E-state index contributed by atoms with van der Waals surface area (Å²) in [7, 11) is -0.0595. The van der Waals surface area contributed by atoms with Crippen LogP contribution in [0.5, 0.6) is 0 Å². The molecule has 2 aromatic rings. The number of benzene rings is 2. The van der Waals surface area contributed by atoms with Gasteiger partial charge in [-0.2, -0.15) is 0 Å². The van der Waals surface area contributed by atoms with Crippen molar-refractivity contribution < 1.29 is 23.7 Å². The van der Waals surface area contributed by atoms with Crippen molar-refractivity contribution in [3.8, 4) is 0 Å². The average Bonchev–Trinajstić information content (AvgIpc) is 2.93. The minimum atomic E-state index is -3.85. The lowest BCUT2D eigenvalue weighted by Gasteiger charge is -2.19. The quantitative estimate of drug-likeness (QED) is 0.436. The average molecular weight is 395 g/mol. The summed E-state index contributed by atoms with van der Waals surface area (Å²) in [4.78, 5) is 2.07. The third-order valence-corrected chi connectivity index (χ3v) is 6.40. The van der Waals surface area contributed by atoms with Crippen LogP contribution in [0.4, 0.5) is 5.69 Å². The molecular weight excluding hydrogens is 370 g/mol. The molecule has 4 atom stereocenters. The van der Waals surface area contributed by atoms with Gasteiger partial charge in [-0.05, 0) is 12.1 Å². The van der Waals surface area contributed by atoms with E-state index in [0.717, 1.165) is 11.1 Å². The van der Waals surface area contributed by atoms with Crippen LogP contribution >= 0.6 is 0 Å². The first-order valence-electron chi connectivity index (χ1n) is 8.68. The SMILES string of the molecule is CN(C)c1cccc2c(S(=O)(=O)NC[C@H]3N[C@H](CO)[C@@H](O)[C@@H]3O)cccc12. The van der Waals surface area contributed by atoms with Gasteiger partial charge in [-0.15, -0.1) is 0 Å². The first-order valence-corrected chi connectivity index (χ1v) is 10.2. The van der Waals surface area contributed by atoms with Crippen molar-refractivity contribution in [3.63, 3.8) is 0 Å². The summed E-state index contributed by atoms with van der Waals surface area (Å²) in [6.07, 6.45) is -2.32. The highest BCUT2D eigenvalue weighted by Gasteiger charge is 2.40. The Labute approximate surface area is 158 Å². The van der Waals surface area contributed by atoms with E-state index in [0.29, 0.717) is 5.39 Å². The Hall–Kier alpha value is -1.75. The summed E-state index contributed by atoms with van der Waals surface area (Å²) < 4.78 is 28.3. The smallest absolute Gasteiger partial charge is 0.241 e. The highest BCUT2D eigenvalue weighted by atomic mass is 32.2. The first-order chi connectivity index (χ1) is 12.8. The molecule has 3 rings (SSSR count). The highest BCUT2D eigenvalue weighted by molar-refractivity contribution is 7.89. The van der Waals surface area contributed by atoms with Crippen LogP contribution in [0.15, 0.2) is 41.3 Å². The predicted molar refractivity (Wildman–Crippen MR) is 103 cm³/mol. The van der Waals surface area contributed by atoms with E-state index in [-0.39, 0.29) is 18.0 Å². The van der Waals surface area contributed by atoms with E-state index in [1.165, 1.54) is 6.07 Å². The molecule has 9 heteroatoms. The summed E-state index contributed by atoms with van der Waals surface area (Å²) >= 11 is 0. The number of rotatable bonds is 6. The van der Waals surface area contributed by atoms with E-state index in [1.54, 1.807) is 18.2 Å². The normalized spacial score (nSPS) is 25.8. The lowest BCUT2D eigenvalue weighted by Crippen LogP contribution is -2.44. The minimum absolute atomic E-state index is 0.110. The van der Waals surface area contributed by atoms with Crippen LogP contribution in [0.25, 0.3) is 10.8 Å². The Morgan fingerprint density at radius 1 is 1.04 bits per heavy atom. The monoisotopic (exact) mass is 395 g/mol. The van der Waals surface area contributed by atoms with Gasteiger partial charge in [0.15, 0.2) is 0 Å². The first kappa shape index (κ1) is 20.0. The molecule has 1 heterocycles. The summed E-state index contributed by atoms with van der Waals surface area (Å²) in [5, 5.41) is 33.3. The van der Waals surface area contributed by atoms with Crippen LogP contribution in [-0.4, -0.2) is 75.3 Å². The second-order valence-corrected chi connectivity index (χ2v) is 8.65. The van der Waals surface area contributed by atoms with Crippen molar-refractivity contribution in [3.05, 3.63) is 36.4 Å².